The Hall–Kier alpha value is -1.35. The minimum Gasteiger partial charge on any atom is -0.324 e. The van der Waals surface area contributed by atoms with Gasteiger partial charge in [0.2, 0.25) is 5.91 Å². The SMILES string of the molecule is CN[C@H]1CC(C)(C)c2ccccc2NC1=O. The lowest BCUT2D eigenvalue weighted by Gasteiger charge is -2.26. The Balaban J connectivity index is 2.47. The lowest BCUT2D eigenvalue weighted by molar-refractivity contribution is -0.118. The Bertz CT molecular complexity index is 412. The fourth-order valence-corrected chi connectivity index (χ4v) is 2.35. The second-order valence-electron chi connectivity index (χ2n) is 4.96. The van der Waals surface area contributed by atoms with Crippen molar-refractivity contribution in [3.05, 3.63) is 29.8 Å². The van der Waals surface area contributed by atoms with Gasteiger partial charge in [-0.15, -0.1) is 0 Å². The quantitative estimate of drug-likeness (QED) is 0.756. The zero-order chi connectivity index (χ0) is 11.8. The van der Waals surface area contributed by atoms with Crippen LogP contribution in [-0.2, 0) is 10.2 Å². The molecule has 0 bridgehead atoms. The third-order valence-electron chi connectivity index (χ3n) is 3.29. The molecular weight excluding hydrogens is 200 g/mol. The van der Waals surface area contributed by atoms with E-state index < -0.39 is 0 Å². The third kappa shape index (κ3) is 1.83. The number of benzene rings is 1. The van der Waals surface area contributed by atoms with Gasteiger partial charge in [-0.2, -0.15) is 0 Å². The van der Waals surface area contributed by atoms with Crippen LogP contribution in [0, 0.1) is 0 Å². The van der Waals surface area contributed by atoms with Gasteiger partial charge in [-0.05, 0) is 30.5 Å². The molecule has 0 aliphatic carbocycles. The largest absolute Gasteiger partial charge is 0.324 e. The van der Waals surface area contributed by atoms with Gasteiger partial charge in [-0.3, -0.25) is 4.79 Å². The second kappa shape index (κ2) is 3.91. The van der Waals surface area contributed by atoms with E-state index in [0.717, 1.165) is 12.1 Å². The fourth-order valence-electron chi connectivity index (χ4n) is 2.35. The van der Waals surface area contributed by atoms with Crippen molar-refractivity contribution < 1.29 is 4.79 Å². The minimum absolute atomic E-state index is 0.00340. The lowest BCUT2D eigenvalue weighted by atomic mass is 9.79. The van der Waals surface area contributed by atoms with Gasteiger partial charge in [0, 0.05) is 5.69 Å². The maximum atomic E-state index is 11.9. The molecule has 1 aliphatic rings. The minimum atomic E-state index is -0.123. The van der Waals surface area contributed by atoms with Gasteiger partial charge in [0.15, 0.2) is 0 Å². The molecule has 86 valence electrons. The van der Waals surface area contributed by atoms with Crippen LogP contribution in [0.25, 0.3) is 0 Å². The molecule has 1 heterocycles. The molecule has 0 saturated heterocycles. The zero-order valence-corrected chi connectivity index (χ0v) is 10.0. The molecule has 1 aromatic rings. The summed E-state index contributed by atoms with van der Waals surface area (Å²) in [7, 11) is 1.83. The molecule has 0 fully saturated rings. The number of hydrogen-bond acceptors (Lipinski definition) is 2. The predicted octanol–water partition coefficient (Wildman–Crippen LogP) is 1.89. The summed E-state index contributed by atoms with van der Waals surface area (Å²) in [5, 5.41) is 6.05. The van der Waals surface area contributed by atoms with E-state index in [9.17, 15) is 4.79 Å². The van der Waals surface area contributed by atoms with Crippen LogP contribution in [0.15, 0.2) is 24.3 Å². The van der Waals surface area contributed by atoms with Gasteiger partial charge in [-0.25, -0.2) is 0 Å². The molecule has 3 heteroatoms. The van der Waals surface area contributed by atoms with E-state index in [0.29, 0.717) is 0 Å². The molecule has 0 unspecified atom stereocenters. The number of hydrogen-bond donors (Lipinski definition) is 2. The first kappa shape index (κ1) is 11.1. The van der Waals surface area contributed by atoms with E-state index in [1.807, 2.05) is 25.2 Å². The summed E-state index contributed by atoms with van der Waals surface area (Å²) in [5.41, 5.74) is 2.15. The molecule has 16 heavy (non-hydrogen) atoms. The number of carbonyl (C=O) groups is 1. The van der Waals surface area contributed by atoms with Gasteiger partial charge in [0.1, 0.15) is 0 Å². The van der Waals surface area contributed by atoms with Crippen molar-refractivity contribution in [2.24, 2.45) is 0 Å². The Morgan fingerprint density at radius 1 is 1.38 bits per heavy atom. The zero-order valence-electron chi connectivity index (χ0n) is 10.0. The summed E-state index contributed by atoms with van der Waals surface area (Å²) in [6.45, 7) is 4.35. The number of nitrogens with one attached hydrogen (secondary N) is 2. The molecule has 0 saturated carbocycles. The number of fused-ring (bicyclic) bond motifs is 1. The maximum Gasteiger partial charge on any atom is 0.241 e. The Morgan fingerprint density at radius 2 is 2.06 bits per heavy atom. The van der Waals surface area contributed by atoms with Gasteiger partial charge in [-0.1, -0.05) is 32.0 Å². The second-order valence-corrected chi connectivity index (χ2v) is 4.96. The average molecular weight is 218 g/mol. The number of carbonyl (C=O) groups excluding carboxylic acids is 1. The highest BCUT2D eigenvalue weighted by Gasteiger charge is 2.33. The molecule has 1 atom stereocenters. The predicted molar refractivity (Wildman–Crippen MR) is 65.6 cm³/mol. The van der Waals surface area contributed by atoms with Crippen molar-refractivity contribution in [2.75, 3.05) is 12.4 Å². The molecule has 0 aromatic heterocycles. The number of rotatable bonds is 1. The molecule has 1 amide bonds. The topological polar surface area (TPSA) is 41.1 Å². The summed E-state index contributed by atoms with van der Waals surface area (Å²) < 4.78 is 0. The Morgan fingerprint density at radius 3 is 2.75 bits per heavy atom. The van der Waals surface area contributed by atoms with Crippen molar-refractivity contribution >= 4 is 11.6 Å². The Kier molecular flexibility index (Phi) is 2.72. The molecular formula is C13H18N2O. The van der Waals surface area contributed by atoms with Gasteiger partial charge >= 0.3 is 0 Å². The third-order valence-corrected chi connectivity index (χ3v) is 3.29. The monoisotopic (exact) mass is 218 g/mol. The standard InChI is InChI=1S/C13H18N2O/c1-13(2)8-11(14-3)12(16)15-10-7-5-4-6-9(10)13/h4-7,11,14H,8H2,1-3H3,(H,15,16)/t11-/m0/s1. The highest BCUT2D eigenvalue weighted by molar-refractivity contribution is 5.96. The highest BCUT2D eigenvalue weighted by atomic mass is 16.2. The summed E-state index contributed by atoms with van der Waals surface area (Å²) in [5.74, 6) is 0.0560. The normalized spacial score (nSPS) is 23.2. The van der Waals surface area contributed by atoms with Crippen molar-refractivity contribution in [3.63, 3.8) is 0 Å². The number of amides is 1. The molecule has 2 N–H and O–H groups in total. The van der Waals surface area contributed by atoms with Crippen molar-refractivity contribution in [2.45, 2.75) is 31.7 Å². The number of anilines is 1. The first-order valence-corrected chi connectivity index (χ1v) is 5.62. The van der Waals surface area contributed by atoms with Crippen LogP contribution in [0.5, 0.6) is 0 Å². The van der Waals surface area contributed by atoms with Crippen molar-refractivity contribution in [1.29, 1.82) is 0 Å². The fraction of sp³-hybridized carbons (Fsp3) is 0.462. The lowest BCUT2D eigenvalue weighted by Crippen LogP contribution is -2.40. The average Bonchev–Trinajstić information content (AvgIpc) is 2.35. The van der Waals surface area contributed by atoms with Gasteiger partial charge in [0.25, 0.3) is 0 Å². The van der Waals surface area contributed by atoms with E-state index in [4.69, 9.17) is 0 Å². The molecule has 2 rings (SSSR count). The smallest absolute Gasteiger partial charge is 0.241 e. The summed E-state index contributed by atoms with van der Waals surface area (Å²) in [6, 6.07) is 7.91. The molecule has 0 spiro atoms. The highest BCUT2D eigenvalue weighted by Crippen LogP contribution is 2.36. The molecule has 1 aliphatic heterocycles. The summed E-state index contributed by atoms with van der Waals surface area (Å²) in [4.78, 5) is 11.9. The van der Waals surface area contributed by atoms with E-state index in [2.05, 4.69) is 30.5 Å². The van der Waals surface area contributed by atoms with Crippen LogP contribution < -0.4 is 10.6 Å². The van der Waals surface area contributed by atoms with Gasteiger partial charge < -0.3 is 10.6 Å². The first-order valence-electron chi connectivity index (χ1n) is 5.62. The maximum absolute atomic E-state index is 11.9. The van der Waals surface area contributed by atoms with Gasteiger partial charge in [0.05, 0.1) is 6.04 Å². The van der Waals surface area contributed by atoms with Crippen LogP contribution >= 0.6 is 0 Å². The van der Waals surface area contributed by atoms with E-state index in [-0.39, 0.29) is 17.4 Å². The van der Waals surface area contributed by atoms with E-state index in [1.165, 1.54) is 5.56 Å². The number of para-hydroxylation sites is 1. The Labute approximate surface area is 96.2 Å². The first-order chi connectivity index (χ1) is 7.54. The number of likely N-dealkylation sites (N-methyl/N-ethyl adjacent to an activating group) is 1. The van der Waals surface area contributed by atoms with Crippen LogP contribution in [0.1, 0.15) is 25.8 Å². The van der Waals surface area contributed by atoms with Crippen LogP contribution in [-0.4, -0.2) is 19.0 Å². The summed E-state index contributed by atoms with van der Waals surface area (Å²) >= 11 is 0. The van der Waals surface area contributed by atoms with Crippen LogP contribution in [0.2, 0.25) is 0 Å². The molecule has 0 radical (unpaired) electrons. The summed E-state index contributed by atoms with van der Waals surface area (Å²) in [6.07, 6.45) is 0.812. The van der Waals surface area contributed by atoms with E-state index >= 15 is 0 Å². The molecule has 1 aromatic carbocycles. The molecule has 3 nitrogen and oxygen atoms in total. The van der Waals surface area contributed by atoms with E-state index in [1.54, 1.807) is 0 Å². The van der Waals surface area contributed by atoms with Crippen molar-refractivity contribution in [3.8, 4) is 0 Å². The van der Waals surface area contributed by atoms with Crippen molar-refractivity contribution in [1.82, 2.24) is 5.32 Å². The van der Waals surface area contributed by atoms with Crippen LogP contribution in [0.4, 0.5) is 5.69 Å². The van der Waals surface area contributed by atoms with Crippen LogP contribution in [0.3, 0.4) is 0 Å².